The summed E-state index contributed by atoms with van der Waals surface area (Å²) in [6.07, 6.45) is 6.88. The molecule has 0 amide bonds. The lowest BCUT2D eigenvalue weighted by molar-refractivity contribution is 0.104. The van der Waals surface area contributed by atoms with E-state index in [0.717, 1.165) is 21.8 Å². The van der Waals surface area contributed by atoms with E-state index in [0.29, 0.717) is 29.1 Å². The smallest absolute Gasteiger partial charge is 0.196 e. The molecule has 3 aromatic heterocycles. The second-order valence-corrected chi connectivity index (χ2v) is 6.82. The number of aromatic amines is 1. The van der Waals surface area contributed by atoms with Gasteiger partial charge in [-0.25, -0.2) is 4.98 Å². The van der Waals surface area contributed by atoms with Gasteiger partial charge in [-0.1, -0.05) is 6.07 Å². The number of ether oxygens (including phenoxy) is 1. The van der Waals surface area contributed by atoms with Crippen LogP contribution in [0.25, 0.3) is 11.0 Å². The molecule has 0 spiro atoms. The maximum atomic E-state index is 13.3. The summed E-state index contributed by atoms with van der Waals surface area (Å²) in [6.45, 7) is 2.35. The monoisotopic (exact) mass is 375 g/mol. The van der Waals surface area contributed by atoms with Crippen molar-refractivity contribution in [3.8, 4) is 5.75 Å². The zero-order chi connectivity index (χ0) is 18.8. The van der Waals surface area contributed by atoms with Crippen molar-refractivity contribution >= 4 is 31.4 Å². The van der Waals surface area contributed by atoms with Crippen molar-refractivity contribution in [2.45, 2.75) is 13.5 Å². The quantitative estimate of drug-likeness (QED) is 0.428. The predicted molar refractivity (Wildman–Crippen MR) is 109 cm³/mol. The summed E-state index contributed by atoms with van der Waals surface area (Å²) in [5, 5.41) is 1.57. The molecule has 1 atom stereocenters. The fraction of sp³-hybridized carbons (Fsp3) is 0.0952. The molecule has 4 aromatic rings. The molecule has 4 rings (SSSR count). The Morgan fingerprint density at radius 3 is 2.78 bits per heavy atom. The van der Waals surface area contributed by atoms with E-state index in [-0.39, 0.29) is 5.78 Å². The van der Waals surface area contributed by atoms with Gasteiger partial charge < -0.3 is 9.72 Å². The Morgan fingerprint density at radius 1 is 1.15 bits per heavy atom. The maximum absolute atomic E-state index is 13.3. The molecule has 1 aromatic carbocycles. The zero-order valence-corrected chi connectivity index (χ0v) is 15.9. The molecule has 0 saturated carbocycles. The summed E-state index contributed by atoms with van der Waals surface area (Å²) < 4.78 is 5.95. The number of benzene rings is 1. The van der Waals surface area contributed by atoms with Crippen molar-refractivity contribution in [1.82, 2.24) is 15.0 Å². The molecule has 0 bridgehead atoms. The predicted octanol–water partition coefficient (Wildman–Crippen LogP) is 3.58. The van der Waals surface area contributed by atoms with Gasteiger partial charge in [0.25, 0.3) is 0 Å². The molecule has 1 N–H and O–H groups in total. The SMILES string of the molecule is Cc1ccc(OCc2ccncc2)c(P)c1C(=O)c1c[nH]c2ncccc12. The maximum Gasteiger partial charge on any atom is 0.196 e. The normalized spacial score (nSPS) is 10.9. The Morgan fingerprint density at radius 2 is 1.96 bits per heavy atom. The number of H-pyrrole nitrogens is 1. The number of carbonyl (C=O) groups excluding carboxylic acids is 1. The highest BCUT2D eigenvalue weighted by Crippen LogP contribution is 2.25. The van der Waals surface area contributed by atoms with E-state index in [1.165, 1.54) is 0 Å². The first-order chi connectivity index (χ1) is 13.1. The van der Waals surface area contributed by atoms with E-state index in [1.54, 1.807) is 24.8 Å². The number of pyridine rings is 2. The minimum Gasteiger partial charge on any atom is -0.488 e. The minimum atomic E-state index is -0.0499. The van der Waals surface area contributed by atoms with Crippen LogP contribution in [0.5, 0.6) is 5.75 Å². The molecule has 0 aliphatic carbocycles. The Labute approximate surface area is 159 Å². The minimum absolute atomic E-state index is 0.0499. The molecule has 0 aliphatic heterocycles. The molecule has 5 nitrogen and oxygen atoms in total. The van der Waals surface area contributed by atoms with Gasteiger partial charge in [0.1, 0.15) is 18.0 Å². The van der Waals surface area contributed by atoms with Crippen LogP contribution in [0.1, 0.15) is 27.0 Å². The van der Waals surface area contributed by atoms with Crippen molar-refractivity contribution in [3.63, 3.8) is 0 Å². The van der Waals surface area contributed by atoms with E-state index in [1.807, 2.05) is 43.3 Å². The van der Waals surface area contributed by atoms with Crippen molar-refractivity contribution in [3.05, 3.63) is 83.4 Å². The van der Waals surface area contributed by atoms with Gasteiger partial charge in [-0.3, -0.25) is 9.78 Å². The van der Waals surface area contributed by atoms with Gasteiger partial charge >= 0.3 is 0 Å². The third-order valence-electron chi connectivity index (χ3n) is 4.48. The van der Waals surface area contributed by atoms with Gasteiger partial charge in [0.05, 0.1) is 0 Å². The summed E-state index contributed by atoms with van der Waals surface area (Å²) >= 11 is 0. The summed E-state index contributed by atoms with van der Waals surface area (Å²) in [7, 11) is 2.66. The number of aryl methyl sites for hydroxylation is 1. The average molecular weight is 375 g/mol. The van der Waals surface area contributed by atoms with Crippen LogP contribution < -0.4 is 10.0 Å². The van der Waals surface area contributed by atoms with Crippen LogP contribution in [-0.2, 0) is 6.61 Å². The van der Waals surface area contributed by atoms with Crippen LogP contribution in [0.4, 0.5) is 0 Å². The number of nitrogens with one attached hydrogen (secondary N) is 1. The highest BCUT2D eigenvalue weighted by atomic mass is 31.0. The van der Waals surface area contributed by atoms with Crippen LogP contribution in [0.3, 0.4) is 0 Å². The first-order valence-electron chi connectivity index (χ1n) is 8.52. The molecule has 0 fully saturated rings. The van der Waals surface area contributed by atoms with Gasteiger partial charge in [0.15, 0.2) is 5.78 Å². The lowest BCUT2D eigenvalue weighted by Crippen LogP contribution is -2.16. The van der Waals surface area contributed by atoms with E-state index >= 15 is 0 Å². The van der Waals surface area contributed by atoms with Crippen molar-refractivity contribution < 1.29 is 9.53 Å². The number of hydrogen-bond donors (Lipinski definition) is 1. The highest BCUT2D eigenvalue weighted by molar-refractivity contribution is 7.28. The number of nitrogens with zero attached hydrogens (tertiary/aromatic N) is 2. The van der Waals surface area contributed by atoms with Crippen LogP contribution >= 0.6 is 9.24 Å². The molecule has 134 valence electrons. The van der Waals surface area contributed by atoms with E-state index in [9.17, 15) is 4.79 Å². The summed E-state index contributed by atoms with van der Waals surface area (Å²) in [4.78, 5) is 24.6. The van der Waals surface area contributed by atoms with Crippen LogP contribution in [0.2, 0.25) is 0 Å². The molecule has 0 aliphatic rings. The third kappa shape index (κ3) is 3.34. The van der Waals surface area contributed by atoms with Crippen LogP contribution in [-0.4, -0.2) is 20.7 Å². The summed E-state index contributed by atoms with van der Waals surface area (Å²) in [5.74, 6) is 0.620. The van der Waals surface area contributed by atoms with E-state index < -0.39 is 0 Å². The molecular weight excluding hydrogens is 357 g/mol. The molecular formula is C21H18N3O2P. The molecule has 0 saturated heterocycles. The Hall–Kier alpha value is -3.04. The molecule has 0 radical (unpaired) electrons. The number of fused-ring (bicyclic) bond motifs is 1. The lowest BCUT2D eigenvalue weighted by Gasteiger charge is -2.14. The number of ketones is 1. The van der Waals surface area contributed by atoms with Gasteiger partial charge in [0.2, 0.25) is 0 Å². The Balaban J connectivity index is 1.69. The van der Waals surface area contributed by atoms with Crippen LogP contribution in [0.15, 0.2) is 61.2 Å². The average Bonchev–Trinajstić information content (AvgIpc) is 3.12. The third-order valence-corrected chi connectivity index (χ3v) is 5.05. The molecule has 27 heavy (non-hydrogen) atoms. The Kier molecular flexibility index (Phi) is 4.69. The zero-order valence-electron chi connectivity index (χ0n) is 14.8. The van der Waals surface area contributed by atoms with Gasteiger partial charge in [-0.15, -0.1) is 9.24 Å². The number of aromatic nitrogens is 3. The van der Waals surface area contributed by atoms with E-state index in [2.05, 4.69) is 24.2 Å². The second-order valence-electron chi connectivity index (χ2n) is 6.24. The van der Waals surface area contributed by atoms with Crippen LogP contribution in [0, 0.1) is 6.92 Å². The van der Waals surface area contributed by atoms with Crippen molar-refractivity contribution in [2.75, 3.05) is 0 Å². The fourth-order valence-corrected chi connectivity index (χ4v) is 3.59. The first kappa shape index (κ1) is 17.4. The Bertz CT molecular complexity index is 1120. The standard InChI is InChI=1S/C21H18N3O2P/c1-13-4-5-17(26-12-14-6-9-22-10-7-14)20(27)18(13)19(25)16-11-24-21-15(16)3-2-8-23-21/h2-11H,12,27H2,1H3,(H,23,24). The first-order valence-corrected chi connectivity index (χ1v) is 9.10. The lowest BCUT2D eigenvalue weighted by atomic mass is 9.98. The van der Waals surface area contributed by atoms with Gasteiger partial charge in [-0.2, -0.15) is 0 Å². The van der Waals surface area contributed by atoms with Gasteiger partial charge in [0, 0.05) is 46.6 Å². The largest absolute Gasteiger partial charge is 0.488 e. The molecule has 6 heteroatoms. The van der Waals surface area contributed by atoms with Gasteiger partial charge in [-0.05, 0) is 48.4 Å². The fourth-order valence-electron chi connectivity index (χ4n) is 3.06. The molecule has 3 heterocycles. The van der Waals surface area contributed by atoms with E-state index in [4.69, 9.17) is 4.74 Å². The van der Waals surface area contributed by atoms with Crippen molar-refractivity contribution in [2.24, 2.45) is 0 Å². The highest BCUT2D eigenvalue weighted by Gasteiger charge is 2.20. The number of rotatable bonds is 5. The second kappa shape index (κ2) is 7.29. The van der Waals surface area contributed by atoms with Crippen molar-refractivity contribution in [1.29, 1.82) is 0 Å². The topological polar surface area (TPSA) is 67.9 Å². The summed E-state index contributed by atoms with van der Waals surface area (Å²) in [6, 6.07) is 11.3. The summed E-state index contributed by atoms with van der Waals surface area (Å²) in [5.41, 5.74) is 3.87. The molecule has 1 unspecified atom stereocenters. The number of hydrogen-bond acceptors (Lipinski definition) is 4. The number of carbonyl (C=O) groups is 1.